The van der Waals surface area contributed by atoms with E-state index in [9.17, 15) is 41.4 Å². The predicted octanol–water partition coefficient (Wildman–Crippen LogP) is 3.84. The Morgan fingerprint density at radius 2 is 2.00 bits per heavy atom. The van der Waals surface area contributed by atoms with E-state index >= 15 is 0 Å². The van der Waals surface area contributed by atoms with Crippen LogP contribution in [0, 0.1) is 11.6 Å². The van der Waals surface area contributed by atoms with Crippen LogP contribution in [0.3, 0.4) is 0 Å². The number of β-amino-alcohol motifs (C(OH)–C–C–N with tert-alkyl or cyclic N) is 1. The molecule has 0 saturated carbocycles. The molecule has 4 rings (SSSR count). The summed E-state index contributed by atoms with van der Waals surface area (Å²) < 4.78 is 73.5. The minimum Gasteiger partial charge on any atom is -0.405 e. The zero-order valence-corrected chi connectivity index (χ0v) is 20.1. The van der Waals surface area contributed by atoms with Gasteiger partial charge < -0.3 is 15.2 Å². The van der Waals surface area contributed by atoms with Gasteiger partial charge in [0.1, 0.15) is 23.4 Å². The van der Waals surface area contributed by atoms with E-state index in [1.807, 2.05) is 0 Å². The maximum Gasteiger partial charge on any atom is 0.413 e. The summed E-state index contributed by atoms with van der Waals surface area (Å²) in [5.74, 6) is -3.54. The van der Waals surface area contributed by atoms with E-state index in [1.54, 1.807) is 5.32 Å². The SMILES string of the molecule is CC[C@@H](NC(=O)Oc1cn(-c2c(F)cc(F)cc2Cl)c2nc(N3C[C@@H](O)CC3=O)ccc2c1=O)C(F)(F)F. The minimum atomic E-state index is -4.79. The second-order valence-electron chi connectivity index (χ2n) is 8.35. The number of anilines is 1. The highest BCUT2D eigenvalue weighted by Crippen LogP contribution is 2.30. The zero-order valence-electron chi connectivity index (χ0n) is 19.4. The van der Waals surface area contributed by atoms with Gasteiger partial charge in [-0.3, -0.25) is 19.1 Å². The van der Waals surface area contributed by atoms with Gasteiger partial charge in [0, 0.05) is 6.07 Å². The molecule has 0 aliphatic carbocycles. The van der Waals surface area contributed by atoms with Crippen LogP contribution in [0.5, 0.6) is 5.75 Å². The number of aromatic nitrogens is 2. The van der Waals surface area contributed by atoms with Crippen LogP contribution < -0.4 is 20.4 Å². The topological polar surface area (TPSA) is 114 Å². The molecule has 0 bridgehead atoms. The second-order valence-corrected chi connectivity index (χ2v) is 8.76. The van der Waals surface area contributed by atoms with Gasteiger partial charge in [0.15, 0.2) is 17.2 Å². The third-order valence-electron chi connectivity index (χ3n) is 5.71. The molecule has 2 N–H and O–H groups in total. The number of hydrogen-bond acceptors (Lipinski definition) is 6. The van der Waals surface area contributed by atoms with Gasteiger partial charge in [-0.05, 0) is 24.6 Å². The molecule has 3 heterocycles. The quantitative estimate of drug-likeness (QED) is 0.459. The molecule has 1 aliphatic rings. The lowest BCUT2D eigenvalue weighted by Crippen LogP contribution is -2.46. The average molecular weight is 561 g/mol. The first-order valence-corrected chi connectivity index (χ1v) is 11.4. The molecule has 2 atom stereocenters. The van der Waals surface area contributed by atoms with Gasteiger partial charge in [0.25, 0.3) is 0 Å². The number of amides is 2. The van der Waals surface area contributed by atoms with Gasteiger partial charge in [-0.1, -0.05) is 18.5 Å². The van der Waals surface area contributed by atoms with Crippen LogP contribution >= 0.6 is 11.6 Å². The van der Waals surface area contributed by atoms with E-state index in [0.29, 0.717) is 6.07 Å². The number of benzene rings is 1. The lowest BCUT2D eigenvalue weighted by atomic mass is 10.2. The summed E-state index contributed by atoms with van der Waals surface area (Å²) in [7, 11) is 0. The molecule has 202 valence electrons. The molecule has 2 aromatic heterocycles. The number of ether oxygens (including phenoxy) is 1. The molecule has 3 aromatic rings. The lowest BCUT2D eigenvalue weighted by molar-refractivity contribution is -0.154. The fourth-order valence-corrected chi connectivity index (χ4v) is 4.21. The van der Waals surface area contributed by atoms with E-state index < -0.39 is 70.3 Å². The van der Waals surface area contributed by atoms with Gasteiger partial charge in [-0.25, -0.2) is 18.6 Å². The van der Waals surface area contributed by atoms with Crippen LogP contribution in [0.2, 0.25) is 5.02 Å². The first-order chi connectivity index (χ1) is 17.8. The van der Waals surface area contributed by atoms with Crippen LogP contribution in [0.15, 0.2) is 35.3 Å². The number of halogens is 6. The molecule has 1 aliphatic heterocycles. The Balaban J connectivity index is 1.88. The highest BCUT2D eigenvalue weighted by molar-refractivity contribution is 6.32. The Labute approximate surface area is 215 Å². The van der Waals surface area contributed by atoms with Crippen LogP contribution in [0.1, 0.15) is 19.8 Å². The number of pyridine rings is 2. The summed E-state index contributed by atoms with van der Waals surface area (Å²) >= 11 is 6.07. The number of alkyl halides is 3. The van der Waals surface area contributed by atoms with Crippen molar-refractivity contribution in [2.75, 3.05) is 11.4 Å². The van der Waals surface area contributed by atoms with Crippen LogP contribution in [-0.2, 0) is 4.79 Å². The number of carbonyl (C=O) groups is 2. The Bertz CT molecular complexity index is 1470. The fourth-order valence-electron chi connectivity index (χ4n) is 3.92. The number of nitrogens with zero attached hydrogens (tertiary/aromatic N) is 3. The smallest absolute Gasteiger partial charge is 0.405 e. The van der Waals surface area contributed by atoms with Gasteiger partial charge in [0.2, 0.25) is 11.3 Å². The monoisotopic (exact) mass is 560 g/mol. The maximum atomic E-state index is 14.9. The van der Waals surface area contributed by atoms with Crippen molar-refractivity contribution in [2.45, 2.75) is 38.1 Å². The predicted molar refractivity (Wildman–Crippen MR) is 125 cm³/mol. The highest BCUT2D eigenvalue weighted by Gasteiger charge is 2.40. The van der Waals surface area contributed by atoms with Gasteiger partial charge in [0.05, 0.1) is 35.7 Å². The molecule has 15 heteroatoms. The molecule has 0 spiro atoms. The second kappa shape index (κ2) is 10.2. The first kappa shape index (κ1) is 27.3. The number of hydrogen-bond donors (Lipinski definition) is 2. The van der Waals surface area contributed by atoms with Crippen molar-refractivity contribution >= 4 is 40.5 Å². The van der Waals surface area contributed by atoms with Crippen LogP contribution in [0.4, 0.5) is 32.6 Å². The van der Waals surface area contributed by atoms with Crippen molar-refractivity contribution in [3.8, 4) is 11.4 Å². The highest BCUT2D eigenvalue weighted by atomic mass is 35.5. The summed E-state index contributed by atoms with van der Waals surface area (Å²) in [4.78, 5) is 42.9. The van der Waals surface area contributed by atoms with Crippen molar-refractivity contribution in [3.63, 3.8) is 0 Å². The van der Waals surface area contributed by atoms with Gasteiger partial charge in [-0.2, -0.15) is 13.2 Å². The number of aliphatic hydroxyl groups excluding tert-OH is 1. The van der Waals surface area contributed by atoms with Crippen molar-refractivity contribution in [3.05, 3.63) is 57.3 Å². The summed E-state index contributed by atoms with van der Waals surface area (Å²) in [6, 6.07) is 1.39. The van der Waals surface area contributed by atoms with E-state index in [2.05, 4.69) is 4.98 Å². The summed E-state index contributed by atoms with van der Waals surface area (Å²) in [6.07, 6.45) is -7.30. The Hall–Kier alpha value is -3.78. The normalized spacial score (nSPS) is 16.7. The van der Waals surface area contributed by atoms with E-state index in [-0.39, 0.29) is 29.8 Å². The maximum absolute atomic E-state index is 14.9. The van der Waals surface area contributed by atoms with E-state index in [0.717, 1.165) is 21.7 Å². The Morgan fingerprint density at radius 3 is 2.58 bits per heavy atom. The first-order valence-electron chi connectivity index (χ1n) is 11.0. The number of rotatable bonds is 5. The summed E-state index contributed by atoms with van der Waals surface area (Å²) in [6.45, 7) is 1.07. The fraction of sp³-hybridized carbons (Fsp3) is 0.304. The largest absolute Gasteiger partial charge is 0.413 e. The van der Waals surface area contributed by atoms with Crippen molar-refractivity contribution in [1.82, 2.24) is 14.9 Å². The number of carbonyl (C=O) groups excluding carboxylic acids is 2. The van der Waals surface area contributed by atoms with Crippen molar-refractivity contribution < 1.29 is 41.4 Å². The Morgan fingerprint density at radius 1 is 1.29 bits per heavy atom. The number of fused-ring (bicyclic) bond motifs is 1. The molecular formula is C23H18ClF5N4O5. The van der Waals surface area contributed by atoms with Gasteiger partial charge >= 0.3 is 12.3 Å². The molecule has 1 aromatic carbocycles. The summed E-state index contributed by atoms with van der Waals surface area (Å²) in [5, 5.41) is 10.6. The third-order valence-corrected chi connectivity index (χ3v) is 5.99. The molecular weight excluding hydrogens is 543 g/mol. The Kier molecular flexibility index (Phi) is 7.30. The summed E-state index contributed by atoms with van der Waals surface area (Å²) in [5.41, 5.74) is -1.83. The van der Waals surface area contributed by atoms with Crippen LogP contribution in [0.25, 0.3) is 16.7 Å². The number of aliphatic hydroxyl groups is 1. The molecule has 9 nitrogen and oxygen atoms in total. The molecule has 38 heavy (non-hydrogen) atoms. The van der Waals surface area contributed by atoms with Crippen molar-refractivity contribution in [1.29, 1.82) is 0 Å². The van der Waals surface area contributed by atoms with Crippen LogP contribution in [-0.4, -0.2) is 51.5 Å². The van der Waals surface area contributed by atoms with E-state index in [4.69, 9.17) is 16.3 Å². The number of nitrogens with one attached hydrogen (secondary N) is 1. The molecule has 1 fully saturated rings. The molecule has 0 radical (unpaired) electrons. The van der Waals surface area contributed by atoms with Crippen molar-refractivity contribution in [2.24, 2.45) is 0 Å². The molecule has 0 unspecified atom stereocenters. The standard InChI is InChI=1S/C23H18ClF5N4O5/c1-2-16(23(27,28)29)30-22(37)38-15-9-33(19-13(24)5-10(25)6-14(19)26)21-12(20(15)36)3-4-17(31-21)32-8-11(34)7-18(32)35/h3-6,9,11,16,34H,2,7-8H2,1H3,(H,30,37)/t11-,16+/m0/s1. The third kappa shape index (κ3) is 5.27. The van der Waals surface area contributed by atoms with E-state index in [1.165, 1.54) is 19.1 Å². The zero-order chi connectivity index (χ0) is 27.9. The molecule has 2 amide bonds. The van der Waals surface area contributed by atoms with Gasteiger partial charge in [-0.15, -0.1) is 0 Å². The lowest BCUT2D eigenvalue weighted by Gasteiger charge is -2.20. The average Bonchev–Trinajstić information content (AvgIpc) is 3.16. The minimum absolute atomic E-state index is 0.0202. The molecule has 1 saturated heterocycles.